The van der Waals surface area contributed by atoms with Crippen molar-refractivity contribution in [2.45, 2.75) is 38.0 Å². The maximum atomic E-state index is 4.81. The molecule has 2 aromatic rings. The van der Waals surface area contributed by atoms with Gasteiger partial charge in [-0.15, -0.1) is 11.3 Å². The molecule has 1 aliphatic rings. The number of nitrogens with zero attached hydrogens (tertiary/aromatic N) is 1. The van der Waals surface area contributed by atoms with Crippen molar-refractivity contribution in [2.24, 2.45) is 0 Å². The van der Waals surface area contributed by atoms with Gasteiger partial charge in [0.05, 0.1) is 15.2 Å². The van der Waals surface area contributed by atoms with Gasteiger partial charge >= 0.3 is 0 Å². The molecule has 0 bridgehead atoms. The van der Waals surface area contributed by atoms with E-state index in [0.29, 0.717) is 0 Å². The Morgan fingerprint density at radius 1 is 1.19 bits per heavy atom. The minimum Gasteiger partial charge on any atom is -0.241 e. The van der Waals surface area contributed by atoms with Crippen molar-refractivity contribution >= 4 is 44.1 Å². The molecule has 1 aromatic carbocycles. The van der Waals surface area contributed by atoms with Gasteiger partial charge in [0.2, 0.25) is 0 Å². The minimum atomic E-state index is 0.740. The predicted octanol–water partition coefficient (Wildman–Crippen LogP) is 4.95. The molecule has 0 unspecified atom stereocenters. The molecule has 16 heavy (non-hydrogen) atoms. The molecular weight excluding hydrogens is 329 g/mol. The maximum absolute atomic E-state index is 4.81. The molecule has 1 saturated carbocycles. The lowest BCUT2D eigenvalue weighted by molar-refractivity contribution is 0.443. The molecule has 0 radical (unpaired) electrons. The van der Waals surface area contributed by atoms with Gasteiger partial charge in [-0.3, -0.25) is 0 Å². The highest BCUT2D eigenvalue weighted by atomic mass is 127. The Kier molecular flexibility index (Phi) is 3.16. The number of hydrogen-bond donors (Lipinski definition) is 0. The molecule has 0 saturated heterocycles. The second kappa shape index (κ2) is 4.61. The Balaban J connectivity index is 1.97. The second-order valence-corrected chi connectivity index (χ2v) is 6.81. The normalized spacial score (nSPS) is 18.1. The number of halogens is 1. The van der Waals surface area contributed by atoms with Gasteiger partial charge in [0, 0.05) is 9.49 Å². The molecule has 0 aliphatic heterocycles. The molecule has 3 heteroatoms. The van der Waals surface area contributed by atoms with Gasteiger partial charge in [0.15, 0.2) is 0 Å². The van der Waals surface area contributed by atoms with Crippen LogP contribution in [0.5, 0.6) is 0 Å². The summed E-state index contributed by atoms with van der Waals surface area (Å²) in [5, 5.41) is 1.37. The Morgan fingerprint density at radius 2 is 2.00 bits per heavy atom. The lowest BCUT2D eigenvalue weighted by atomic mass is 9.90. The fraction of sp³-hybridized carbons (Fsp3) is 0.462. The Hall–Kier alpha value is -0.160. The van der Waals surface area contributed by atoms with E-state index in [0.717, 1.165) is 5.92 Å². The van der Waals surface area contributed by atoms with E-state index in [9.17, 15) is 0 Å². The summed E-state index contributed by atoms with van der Waals surface area (Å²) in [6, 6.07) is 6.57. The lowest BCUT2D eigenvalue weighted by Crippen LogP contribution is -2.03. The van der Waals surface area contributed by atoms with Crippen LogP contribution in [-0.4, -0.2) is 4.98 Å². The maximum Gasteiger partial charge on any atom is 0.0969 e. The van der Waals surface area contributed by atoms with Crippen LogP contribution in [-0.2, 0) is 0 Å². The van der Waals surface area contributed by atoms with Crippen LogP contribution >= 0.6 is 33.9 Å². The van der Waals surface area contributed by atoms with Gasteiger partial charge in [-0.05, 0) is 53.6 Å². The third kappa shape index (κ3) is 2.12. The first kappa shape index (κ1) is 11.0. The standard InChI is InChI=1S/C13H14INS/c14-10-6-7-12-11(8-10)15-13(16-12)9-4-2-1-3-5-9/h6-9H,1-5H2. The molecule has 0 N–H and O–H groups in total. The molecule has 1 fully saturated rings. The van der Waals surface area contributed by atoms with Crippen LogP contribution in [0.15, 0.2) is 18.2 Å². The van der Waals surface area contributed by atoms with Crippen molar-refractivity contribution in [3.05, 3.63) is 26.8 Å². The van der Waals surface area contributed by atoms with E-state index >= 15 is 0 Å². The third-order valence-electron chi connectivity index (χ3n) is 3.32. The van der Waals surface area contributed by atoms with Gasteiger partial charge in [0.25, 0.3) is 0 Å². The number of rotatable bonds is 1. The summed E-state index contributed by atoms with van der Waals surface area (Å²) in [4.78, 5) is 4.81. The zero-order valence-corrected chi connectivity index (χ0v) is 12.1. The third-order valence-corrected chi connectivity index (χ3v) is 5.19. The fourth-order valence-electron chi connectivity index (χ4n) is 2.44. The number of thiazole rings is 1. The average Bonchev–Trinajstić information content (AvgIpc) is 2.73. The average molecular weight is 343 g/mol. The van der Waals surface area contributed by atoms with E-state index < -0.39 is 0 Å². The Labute approximate surface area is 113 Å². The molecule has 0 atom stereocenters. The van der Waals surface area contributed by atoms with Crippen molar-refractivity contribution in [3.63, 3.8) is 0 Å². The van der Waals surface area contributed by atoms with Crippen LogP contribution < -0.4 is 0 Å². The van der Waals surface area contributed by atoms with Crippen LogP contribution in [0.4, 0.5) is 0 Å². The largest absolute Gasteiger partial charge is 0.241 e. The predicted molar refractivity (Wildman–Crippen MR) is 78.2 cm³/mol. The second-order valence-electron chi connectivity index (χ2n) is 4.50. The number of benzene rings is 1. The summed E-state index contributed by atoms with van der Waals surface area (Å²) >= 11 is 4.25. The molecular formula is C13H14INS. The zero-order chi connectivity index (χ0) is 11.0. The summed E-state index contributed by atoms with van der Waals surface area (Å²) in [5.41, 5.74) is 1.19. The fourth-order valence-corrected chi connectivity index (χ4v) is 4.03. The highest BCUT2D eigenvalue weighted by Crippen LogP contribution is 2.36. The van der Waals surface area contributed by atoms with Crippen LogP contribution in [0.2, 0.25) is 0 Å². The highest BCUT2D eigenvalue weighted by molar-refractivity contribution is 14.1. The summed E-state index contributed by atoms with van der Waals surface area (Å²) in [6.45, 7) is 0. The lowest BCUT2D eigenvalue weighted by Gasteiger charge is -2.18. The monoisotopic (exact) mass is 343 g/mol. The molecule has 3 rings (SSSR count). The van der Waals surface area contributed by atoms with Crippen LogP contribution in [0, 0.1) is 3.57 Å². The van der Waals surface area contributed by atoms with Crippen LogP contribution in [0.3, 0.4) is 0 Å². The summed E-state index contributed by atoms with van der Waals surface area (Å²) in [7, 11) is 0. The van der Waals surface area contributed by atoms with Crippen LogP contribution in [0.1, 0.15) is 43.0 Å². The summed E-state index contributed by atoms with van der Waals surface area (Å²) < 4.78 is 2.63. The van der Waals surface area contributed by atoms with Gasteiger partial charge in [-0.1, -0.05) is 19.3 Å². The molecule has 1 heterocycles. The van der Waals surface area contributed by atoms with Gasteiger partial charge in [0.1, 0.15) is 0 Å². The first-order valence-corrected chi connectivity index (χ1v) is 7.78. The van der Waals surface area contributed by atoms with E-state index in [1.54, 1.807) is 0 Å². The Morgan fingerprint density at radius 3 is 2.81 bits per heavy atom. The van der Waals surface area contributed by atoms with Crippen molar-refractivity contribution in [1.29, 1.82) is 0 Å². The first-order chi connectivity index (χ1) is 7.83. The van der Waals surface area contributed by atoms with E-state index in [1.165, 1.54) is 50.9 Å². The van der Waals surface area contributed by atoms with Crippen LogP contribution in [0.25, 0.3) is 10.2 Å². The van der Waals surface area contributed by atoms with E-state index in [2.05, 4.69) is 40.8 Å². The topological polar surface area (TPSA) is 12.9 Å². The summed E-state index contributed by atoms with van der Waals surface area (Å²) in [5.74, 6) is 0.740. The number of aromatic nitrogens is 1. The molecule has 1 aromatic heterocycles. The smallest absolute Gasteiger partial charge is 0.0969 e. The van der Waals surface area contributed by atoms with E-state index in [1.807, 2.05) is 11.3 Å². The SMILES string of the molecule is Ic1ccc2sc(C3CCCCC3)nc2c1. The Bertz CT molecular complexity index is 500. The van der Waals surface area contributed by atoms with Crippen molar-refractivity contribution < 1.29 is 0 Å². The zero-order valence-electron chi connectivity index (χ0n) is 9.08. The molecule has 1 aliphatic carbocycles. The molecule has 84 valence electrons. The number of hydrogen-bond acceptors (Lipinski definition) is 2. The molecule has 0 amide bonds. The quantitative estimate of drug-likeness (QED) is 0.668. The van der Waals surface area contributed by atoms with Crippen molar-refractivity contribution in [3.8, 4) is 0 Å². The highest BCUT2D eigenvalue weighted by Gasteiger charge is 2.19. The van der Waals surface area contributed by atoms with Crippen molar-refractivity contribution in [1.82, 2.24) is 4.98 Å². The van der Waals surface area contributed by atoms with E-state index in [-0.39, 0.29) is 0 Å². The molecule has 0 spiro atoms. The van der Waals surface area contributed by atoms with Gasteiger partial charge in [-0.2, -0.15) is 0 Å². The van der Waals surface area contributed by atoms with E-state index in [4.69, 9.17) is 4.98 Å². The first-order valence-electron chi connectivity index (χ1n) is 5.89. The minimum absolute atomic E-state index is 0.740. The van der Waals surface area contributed by atoms with Gasteiger partial charge < -0.3 is 0 Å². The number of fused-ring (bicyclic) bond motifs is 1. The summed E-state index contributed by atoms with van der Waals surface area (Å²) in [6.07, 6.45) is 6.88. The van der Waals surface area contributed by atoms with Crippen molar-refractivity contribution in [2.75, 3.05) is 0 Å². The van der Waals surface area contributed by atoms with Gasteiger partial charge in [-0.25, -0.2) is 4.98 Å². The molecule has 1 nitrogen and oxygen atoms in total.